The average Bonchev–Trinajstić information content (AvgIpc) is 2.46. The molecule has 0 bridgehead atoms. The number of nitrogens with one attached hydrogen (secondary N) is 1. The number of ether oxygens (including phenoxy) is 1. The minimum absolute atomic E-state index is 0.208. The summed E-state index contributed by atoms with van der Waals surface area (Å²) in [6, 6.07) is 12.1. The van der Waals surface area contributed by atoms with Crippen molar-refractivity contribution in [1.29, 1.82) is 0 Å². The summed E-state index contributed by atoms with van der Waals surface area (Å²) < 4.78 is 5.30. The summed E-state index contributed by atoms with van der Waals surface area (Å²) in [4.78, 5) is 12.3. The monoisotopic (exact) mass is 323 g/mol. The highest BCUT2D eigenvalue weighted by atomic mass is 35.5. The van der Waals surface area contributed by atoms with Crippen LogP contribution in [0.2, 0.25) is 10.0 Å². The molecule has 2 aromatic carbocycles. The number of halogens is 2. The van der Waals surface area contributed by atoms with Crippen molar-refractivity contribution in [2.24, 2.45) is 0 Å². The fourth-order valence-electron chi connectivity index (χ4n) is 2.05. The molecule has 1 atom stereocenters. The van der Waals surface area contributed by atoms with E-state index in [4.69, 9.17) is 27.9 Å². The molecular weight excluding hydrogens is 309 g/mol. The van der Waals surface area contributed by atoms with E-state index in [1.54, 1.807) is 25.3 Å². The molecule has 3 nitrogen and oxygen atoms in total. The van der Waals surface area contributed by atoms with Gasteiger partial charge in [-0.15, -0.1) is 0 Å². The van der Waals surface area contributed by atoms with Gasteiger partial charge in [-0.1, -0.05) is 41.4 Å². The number of hydrogen-bond donors (Lipinski definition) is 1. The number of methoxy groups -OCH3 is 1. The largest absolute Gasteiger partial charge is 0.496 e. The van der Waals surface area contributed by atoms with E-state index in [1.165, 1.54) is 0 Å². The molecule has 0 radical (unpaired) electrons. The van der Waals surface area contributed by atoms with E-state index in [9.17, 15) is 4.79 Å². The quantitative estimate of drug-likeness (QED) is 0.900. The predicted octanol–water partition coefficient (Wildman–Crippen LogP) is 4.49. The highest BCUT2D eigenvalue weighted by Gasteiger charge is 2.16. The van der Waals surface area contributed by atoms with Gasteiger partial charge in [0.1, 0.15) is 5.75 Å². The minimum atomic E-state index is -0.255. The normalized spacial score (nSPS) is 11.8. The molecule has 0 unspecified atom stereocenters. The summed E-state index contributed by atoms with van der Waals surface area (Å²) in [5.41, 5.74) is 1.29. The van der Waals surface area contributed by atoms with Crippen LogP contribution in [-0.2, 0) is 0 Å². The maximum atomic E-state index is 12.3. The highest BCUT2D eigenvalue weighted by Crippen LogP contribution is 2.26. The molecule has 1 amide bonds. The molecule has 0 saturated heterocycles. The third-order valence-electron chi connectivity index (χ3n) is 3.13. The third-order valence-corrected chi connectivity index (χ3v) is 3.68. The SMILES string of the molecule is COc1ccccc1[C@@H](C)NC(=O)c1ccc(Cl)cc1Cl. The summed E-state index contributed by atoms with van der Waals surface area (Å²) >= 11 is 11.9. The molecule has 21 heavy (non-hydrogen) atoms. The van der Waals surface area contributed by atoms with E-state index in [-0.39, 0.29) is 11.9 Å². The highest BCUT2D eigenvalue weighted by molar-refractivity contribution is 6.36. The Labute approximate surface area is 133 Å². The first kappa shape index (κ1) is 15.7. The number of hydrogen-bond acceptors (Lipinski definition) is 2. The lowest BCUT2D eigenvalue weighted by Crippen LogP contribution is -2.27. The molecule has 0 aliphatic carbocycles. The Balaban J connectivity index is 2.19. The van der Waals surface area contributed by atoms with Crippen molar-refractivity contribution in [1.82, 2.24) is 5.32 Å². The van der Waals surface area contributed by atoms with Crippen LogP contribution in [-0.4, -0.2) is 13.0 Å². The van der Waals surface area contributed by atoms with Gasteiger partial charge in [0.05, 0.1) is 23.7 Å². The Bertz CT molecular complexity index is 658. The molecule has 110 valence electrons. The Morgan fingerprint density at radius 2 is 1.90 bits per heavy atom. The average molecular weight is 324 g/mol. The molecule has 0 saturated carbocycles. The van der Waals surface area contributed by atoms with Crippen LogP contribution in [0.5, 0.6) is 5.75 Å². The first-order valence-corrected chi connectivity index (χ1v) is 7.17. The van der Waals surface area contributed by atoms with Crippen LogP contribution in [0, 0.1) is 0 Å². The summed E-state index contributed by atoms with van der Waals surface area (Å²) in [6.07, 6.45) is 0. The minimum Gasteiger partial charge on any atom is -0.496 e. The number of rotatable bonds is 4. The van der Waals surface area contributed by atoms with Gasteiger partial charge in [-0.25, -0.2) is 0 Å². The van der Waals surface area contributed by atoms with E-state index in [2.05, 4.69) is 5.32 Å². The number of carbonyl (C=O) groups is 1. The van der Waals surface area contributed by atoms with Crippen LogP contribution < -0.4 is 10.1 Å². The molecule has 0 aliphatic heterocycles. The number of benzene rings is 2. The molecule has 0 spiro atoms. The topological polar surface area (TPSA) is 38.3 Å². The van der Waals surface area contributed by atoms with Crippen LogP contribution in [0.3, 0.4) is 0 Å². The van der Waals surface area contributed by atoms with Gasteiger partial charge in [-0.3, -0.25) is 4.79 Å². The van der Waals surface area contributed by atoms with Gasteiger partial charge >= 0.3 is 0 Å². The van der Waals surface area contributed by atoms with E-state index < -0.39 is 0 Å². The van der Waals surface area contributed by atoms with Crippen molar-refractivity contribution >= 4 is 29.1 Å². The standard InChI is InChI=1S/C16H15Cl2NO2/c1-10(12-5-3-4-6-15(12)21-2)19-16(20)13-8-7-11(17)9-14(13)18/h3-10H,1-2H3,(H,19,20)/t10-/m1/s1. The Morgan fingerprint density at radius 1 is 1.19 bits per heavy atom. The maximum absolute atomic E-state index is 12.3. The molecule has 0 aromatic heterocycles. The van der Waals surface area contributed by atoms with E-state index in [1.807, 2.05) is 31.2 Å². The first-order chi connectivity index (χ1) is 10.0. The molecule has 5 heteroatoms. The molecule has 1 N–H and O–H groups in total. The second-order valence-corrected chi connectivity index (χ2v) is 5.40. The second kappa shape index (κ2) is 6.83. The lowest BCUT2D eigenvalue weighted by atomic mass is 10.1. The molecule has 2 rings (SSSR count). The summed E-state index contributed by atoms with van der Waals surface area (Å²) in [5, 5.41) is 3.72. The van der Waals surface area contributed by atoms with E-state index >= 15 is 0 Å². The van der Waals surface area contributed by atoms with Crippen molar-refractivity contribution < 1.29 is 9.53 Å². The Hall–Kier alpha value is -1.71. The van der Waals surface area contributed by atoms with Gasteiger partial charge in [0.2, 0.25) is 0 Å². The summed E-state index contributed by atoms with van der Waals surface area (Å²) in [5.74, 6) is 0.475. The smallest absolute Gasteiger partial charge is 0.253 e. The van der Waals surface area contributed by atoms with Crippen LogP contribution in [0.4, 0.5) is 0 Å². The van der Waals surface area contributed by atoms with Gasteiger partial charge in [0, 0.05) is 10.6 Å². The number of amides is 1. The Kier molecular flexibility index (Phi) is 5.10. The fourth-order valence-corrected chi connectivity index (χ4v) is 2.54. The van der Waals surface area contributed by atoms with Crippen molar-refractivity contribution in [3.63, 3.8) is 0 Å². The number of para-hydroxylation sites is 1. The van der Waals surface area contributed by atoms with Gasteiger partial charge in [-0.2, -0.15) is 0 Å². The molecule has 0 heterocycles. The van der Waals surface area contributed by atoms with Gasteiger partial charge in [0.25, 0.3) is 5.91 Å². The van der Waals surface area contributed by atoms with Crippen molar-refractivity contribution in [2.75, 3.05) is 7.11 Å². The molecule has 2 aromatic rings. The van der Waals surface area contributed by atoms with Crippen molar-refractivity contribution in [3.05, 3.63) is 63.6 Å². The fraction of sp³-hybridized carbons (Fsp3) is 0.188. The molecule has 0 aliphatic rings. The van der Waals surface area contributed by atoms with Crippen LogP contribution in [0.15, 0.2) is 42.5 Å². The summed E-state index contributed by atoms with van der Waals surface area (Å²) in [7, 11) is 1.60. The van der Waals surface area contributed by atoms with Gasteiger partial charge in [-0.05, 0) is 31.2 Å². The zero-order valence-corrected chi connectivity index (χ0v) is 13.2. The lowest BCUT2D eigenvalue weighted by Gasteiger charge is -2.17. The van der Waals surface area contributed by atoms with E-state index in [0.29, 0.717) is 15.6 Å². The summed E-state index contributed by atoms with van der Waals surface area (Å²) in [6.45, 7) is 1.89. The van der Waals surface area contributed by atoms with Crippen LogP contribution in [0.1, 0.15) is 28.9 Å². The molecular formula is C16H15Cl2NO2. The van der Waals surface area contributed by atoms with Gasteiger partial charge < -0.3 is 10.1 Å². The molecule has 0 fully saturated rings. The van der Waals surface area contributed by atoms with Crippen molar-refractivity contribution in [2.45, 2.75) is 13.0 Å². The lowest BCUT2D eigenvalue weighted by molar-refractivity contribution is 0.0939. The van der Waals surface area contributed by atoms with Gasteiger partial charge in [0.15, 0.2) is 0 Å². The van der Waals surface area contributed by atoms with E-state index in [0.717, 1.165) is 11.3 Å². The zero-order valence-electron chi connectivity index (χ0n) is 11.7. The zero-order chi connectivity index (χ0) is 15.4. The number of carbonyl (C=O) groups excluding carboxylic acids is 1. The maximum Gasteiger partial charge on any atom is 0.253 e. The third kappa shape index (κ3) is 3.69. The Morgan fingerprint density at radius 3 is 2.57 bits per heavy atom. The predicted molar refractivity (Wildman–Crippen MR) is 85.3 cm³/mol. The van der Waals surface area contributed by atoms with Crippen LogP contribution >= 0.6 is 23.2 Å². The van der Waals surface area contributed by atoms with Crippen molar-refractivity contribution in [3.8, 4) is 5.75 Å². The first-order valence-electron chi connectivity index (χ1n) is 6.41. The van der Waals surface area contributed by atoms with Crippen LogP contribution in [0.25, 0.3) is 0 Å². The second-order valence-electron chi connectivity index (χ2n) is 4.56.